The van der Waals surface area contributed by atoms with E-state index in [1.165, 1.54) is 0 Å². The predicted molar refractivity (Wildman–Crippen MR) is 98.7 cm³/mol. The van der Waals surface area contributed by atoms with E-state index in [0.717, 1.165) is 24.8 Å². The number of piperidine rings is 1. The molecule has 1 aromatic rings. The number of carboxylic acids is 1. The molecule has 0 aliphatic carbocycles. The number of hydrogen-bond donors (Lipinski definition) is 1. The van der Waals surface area contributed by atoms with E-state index in [1.807, 2.05) is 0 Å². The molecule has 0 aromatic heterocycles. The maximum atomic E-state index is 12.7. The maximum Gasteiger partial charge on any atom is 0.303 e. The second-order valence-electron chi connectivity index (χ2n) is 7.08. The summed E-state index contributed by atoms with van der Waals surface area (Å²) in [5.74, 6) is -0.871. The molecular formula is C19H27NO5S. The molecule has 0 spiro atoms. The second-order valence-corrected chi connectivity index (χ2v) is 9.59. The van der Waals surface area contributed by atoms with Gasteiger partial charge >= 0.3 is 5.97 Å². The Balaban J connectivity index is 2.04. The van der Waals surface area contributed by atoms with Crippen molar-refractivity contribution in [1.29, 1.82) is 0 Å². The first-order chi connectivity index (χ1) is 12.2. The number of amides is 1. The zero-order chi connectivity index (χ0) is 19.3. The van der Waals surface area contributed by atoms with Gasteiger partial charge in [-0.3, -0.25) is 9.59 Å². The van der Waals surface area contributed by atoms with E-state index in [2.05, 4.69) is 0 Å². The standard InChI is InChI=1S/C19H27NO5S/c1-14(2)26(24,25)17-9-6-15(7-10-17)13-18(21)20-12-4-3-5-16(20)8-11-19(22)23/h6-7,9-10,14,16H,3-5,8,11-13H2,1-2H3,(H,22,23). The molecule has 1 amide bonds. The fourth-order valence-electron chi connectivity index (χ4n) is 3.26. The molecule has 1 unspecified atom stereocenters. The quantitative estimate of drug-likeness (QED) is 0.784. The maximum absolute atomic E-state index is 12.7. The fraction of sp³-hybridized carbons (Fsp3) is 0.579. The van der Waals surface area contributed by atoms with Crippen LogP contribution in [0.3, 0.4) is 0 Å². The highest BCUT2D eigenvalue weighted by Gasteiger charge is 2.27. The molecule has 6 nitrogen and oxygen atoms in total. The lowest BCUT2D eigenvalue weighted by atomic mass is 9.97. The molecule has 144 valence electrons. The molecule has 0 bridgehead atoms. The van der Waals surface area contributed by atoms with Gasteiger partial charge in [0.1, 0.15) is 0 Å². The Morgan fingerprint density at radius 1 is 1.19 bits per heavy atom. The number of carbonyl (C=O) groups is 2. The van der Waals surface area contributed by atoms with E-state index >= 15 is 0 Å². The Labute approximate surface area is 155 Å². The molecule has 1 heterocycles. The SMILES string of the molecule is CC(C)S(=O)(=O)c1ccc(CC(=O)N2CCCCC2CCC(=O)O)cc1. The number of carboxylic acid groups (broad SMARTS) is 1. The lowest BCUT2D eigenvalue weighted by Crippen LogP contribution is -2.44. The van der Waals surface area contributed by atoms with Crippen molar-refractivity contribution in [2.24, 2.45) is 0 Å². The van der Waals surface area contributed by atoms with Gasteiger partial charge in [0.25, 0.3) is 0 Å². The summed E-state index contributed by atoms with van der Waals surface area (Å²) >= 11 is 0. The van der Waals surface area contributed by atoms with Crippen LogP contribution in [0.5, 0.6) is 0 Å². The Morgan fingerprint density at radius 2 is 1.85 bits per heavy atom. The van der Waals surface area contributed by atoms with E-state index in [-0.39, 0.29) is 29.7 Å². The lowest BCUT2D eigenvalue weighted by Gasteiger charge is -2.35. The predicted octanol–water partition coefficient (Wildman–Crippen LogP) is 2.66. The third-order valence-electron chi connectivity index (χ3n) is 4.87. The van der Waals surface area contributed by atoms with Crippen molar-refractivity contribution < 1.29 is 23.1 Å². The fourth-order valence-corrected chi connectivity index (χ4v) is 4.32. The molecule has 0 saturated carbocycles. The van der Waals surface area contributed by atoms with E-state index in [4.69, 9.17) is 5.11 Å². The Bertz CT molecular complexity index is 740. The summed E-state index contributed by atoms with van der Waals surface area (Å²) in [6.07, 6.45) is 3.52. The minimum Gasteiger partial charge on any atom is -0.481 e. The van der Waals surface area contributed by atoms with Crippen molar-refractivity contribution in [3.8, 4) is 0 Å². The molecule has 1 atom stereocenters. The molecule has 7 heteroatoms. The molecule has 1 aliphatic rings. The van der Waals surface area contributed by atoms with E-state index < -0.39 is 21.1 Å². The van der Waals surface area contributed by atoms with Crippen LogP contribution in [0.2, 0.25) is 0 Å². The number of hydrogen-bond acceptors (Lipinski definition) is 4. The van der Waals surface area contributed by atoms with Crippen LogP contribution in [0, 0.1) is 0 Å². The molecular weight excluding hydrogens is 354 g/mol. The number of aliphatic carboxylic acids is 1. The van der Waals surface area contributed by atoms with E-state index in [9.17, 15) is 18.0 Å². The summed E-state index contributed by atoms with van der Waals surface area (Å²) in [6.45, 7) is 3.93. The molecule has 1 fully saturated rings. The van der Waals surface area contributed by atoms with Crippen LogP contribution in [0.4, 0.5) is 0 Å². The van der Waals surface area contributed by atoms with Crippen LogP contribution in [-0.4, -0.2) is 48.1 Å². The Kier molecular flexibility index (Phi) is 6.81. The topological polar surface area (TPSA) is 91.8 Å². The first kappa shape index (κ1) is 20.4. The zero-order valence-corrected chi connectivity index (χ0v) is 16.2. The monoisotopic (exact) mass is 381 g/mol. The summed E-state index contributed by atoms with van der Waals surface area (Å²) in [4.78, 5) is 25.6. The normalized spacial score (nSPS) is 18.1. The summed E-state index contributed by atoms with van der Waals surface area (Å²) < 4.78 is 24.3. The number of rotatable bonds is 7. The van der Waals surface area contributed by atoms with Crippen molar-refractivity contribution in [2.45, 2.75) is 68.6 Å². The van der Waals surface area contributed by atoms with Crippen LogP contribution in [-0.2, 0) is 25.8 Å². The van der Waals surface area contributed by atoms with Crippen LogP contribution >= 0.6 is 0 Å². The first-order valence-electron chi connectivity index (χ1n) is 9.06. The molecule has 0 radical (unpaired) electrons. The molecule has 1 saturated heterocycles. The van der Waals surface area contributed by atoms with Gasteiger partial charge < -0.3 is 10.0 Å². The van der Waals surface area contributed by atoms with Gasteiger partial charge in [-0.1, -0.05) is 12.1 Å². The van der Waals surface area contributed by atoms with Crippen LogP contribution in [0.25, 0.3) is 0 Å². The minimum atomic E-state index is -3.32. The van der Waals surface area contributed by atoms with Crippen molar-refractivity contribution in [1.82, 2.24) is 4.90 Å². The lowest BCUT2D eigenvalue weighted by molar-refractivity contribution is -0.139. The van der Waals surface area contributed by atoms with Crippen molar-refractivity contribution in [3.05, 3.63) is 29.8 Å². The molecule has 2 rings (SSSR count). The molecule has 1 N–H and O–H groups in total. The summed E-state index contributed by atoms with van der Waals surface area (Å²) in [5, 5.41) is 8.39. The molecule has 1 aromatic carbocycles. The number of carbonyl (C=O) groups excluding carboxylic acids is 1. The van der Waals surface area contributed by atoms with Crippen LogP contribution in [0.1, 0.15) is 51.5 Å². The summed E-state index contributed by atoms with van der Waals surface area (Å²) in [6, 6.07) is 6.45. The van der Waals surface area contributed by atoms with E-state index in [0.29, 0.717) is 13.0 Å². The largest absolute Gasteiger partial charge is 0.481 e. The van der Waals surface area contributed by atoms with Gasteiger partial charge in [0.15, 0.2) is 9.84 Å². The number of sulfone groups is 1. The zero-order valence-electron chi connectivity index (χ0n) is 15.3. The number of benzene rings is 1. The van der Waals surface area contributed by atoms with Gasteiger partial charge in [0, 0.05) is 19.0 Å². The average molecular weight is 381 g/mol. The highest BCUT2D eigenvalue weighted by molar-refractivity contribution is 7.92. The molecule has 26 heavy (non-hydrogen) atoms. The van der Waals surface area contributed by atoms with Crippen LogP contribution < -0.4 is 0 Å². The first-order valence-corrected chi connectivity index (χ1v) is 10.6. The third kappa shape index (κ3) is 5.06. The Hall–Kier alpha value is -1.89. The average Bonchev–Trinajstić information content (AvgIpc) is 2.60. The number of nitrogens with zero attached hydrogens (tertiary/aromatic N) is 1. The van der Waals surface area contributed by atoms with E-state index in [1.54, 1.807) is 43.0 Å². The van der Waals surface area contributed by atoms with Gasteiger partial charge in [-0.25, -0.2) is 8.42 Å². The van der Waals surface area contributed by atoms with Gasteiger partial charge in [0.05, 0.1) is 16.6 Å². The van der Waals surface area contributed by atoms with Crippen molar-refractivity contribution >= 4 is 21.7 Å². The van der Waals surface area contributed by atoms with Crippen molar-refractivity contribution in [2.75, 3.05) is 6.54 Å². The van der Waals surface area contributed by atoms with Crippen LogP contribution in [0.15, 0.2) is 29.2 Å². The summed E-state index contributed by atoms with van der Waals surface area (Å²) in [7, 11) is -3.32. The van der Waals surface area contributed by atoms with Gasteiger partial charge in [-0.05, 0) is 57.2 Å². The van der Waals surface area contributed by atoms with Crippen molar-refractivity contribution in [3.63, 3.8) is 0 Å². The molecule has 1 aliphatic heterocycles. The minimum absolute atomic E-state index is 0.0204. The van der Waals surface area contributed by atoms with Gasteiger partial charge in [-0.15, -0.1) is 0 Å². The second kappa shape index (κ2) is 8.66. The highest BCUT2D eigenvalue weighted by atomic mass is 32.2. The smallest absolute Gasteiger partial charge is 0.303 e. The third-order valence-corrected chi connectivity index (χ3v) is 7.04. The highest BCUT2D eigenvalue weighted by Crippen LogP contribution is 2.23. The Morgan fingerprint density at radius 3 is 2.42 bits per heavy atom. The summed E-state index contributed by atoms with van der Waals surface area (Å²) in [5.41, 5.74) is 0.764. The van der Waals surface area contributed by atoms with Gasteiger partial charge in [0.2, 0.25) is 5.91 Å². The number of likely N-dealkylation sites (tertiary alicyclic amines) is 1. The van der Waals surface area contributed by atoms with Gasteiger partial charge in [-0.2, -0.15) is 0 Å².